The Morgan fingerprint density at radius 1 is 0.879 bits per heavy atom. The number of benzene rings is 2. The van der Waals surface area contributed by atoms with Crippen LogP contribution >= 0.6 is 10.5 Å². The van der Waals surface area contributed by atoms with Crippen LogP contribution in [0.2, 0.25) is 0 Å². The van der Waals surface area contributed by atoms with Gasteiger partial charge in [0.05, 0.1) is 0 Å². The summed E-state index contributed by atoms with van der Waals surface area (Å²) >= 11 is 0. The molecule has 1 atom stereocenters. The summed E-state index contributed by atoms with van der Waals surface area (Å²) in [6.45, 7) is 22.5. The Balaban J connectivity index is 0.000000657. The fourth-order valence-corrected chi connectivity index (χ4v) is 3.94. The first kappa shape index (κ1) is 30.7. The molecule has 0 amide bonds. The molecule has 1 N–H and O–H groups in total. The first-order valence-corrected chi connectivity index (χ1v) is 13.6. The largest absolute Gasteiger partial charge is 0.360 e. The predicted molar refractivity (Wildman–Crippen MR) is 156 cm³/mol. The molecule has 2 aromatic carbocycles. The van der Waals surface area contributed by atoms with Crippen molar-refractivity contribution in [2.45, 2.75) is 90.4 Å². The Morgan fingerprint density at radius 2 is 1.45 bits per heavy atom. The first-order valence-electron chi connectivity index (χ1n) is 12.2. The molecule has 0 saturated carbocycles. The van der Waals surface area contributed by atoms with Gasteiger partial charge in [-0.1, -0.05) is 89.8 Å². The molecule has 182 valence electrons. The van der Waals surface area contributed by atoms with E-state index < -0.39 is 0 Å². The molecule has 33 heavy (non-hydrogen) atoms. The van der Waals surface area contributed by atoms with E-state index in [9.17, 15) is 0 Å². The number of unbranched alkanes of at least 4 members (excludes halogenated alkanes) is 2. The van der Waals surface area contributed by atoms with Crippen LogP contribution in [0.5, 0.6) is 0 Å². The molecule has 1 nitrogen and oxygen atoms in total. The summed E-state index contributed by atoms with van der Waals surface area (Å²) in [6, 6.07) is 15.0. The summed E-state index contributed by atoms with van der Waals surface area (Å²) in [5.41, 5.74) is 6.03. The van der Waals surface area contributed by atoms with Crippen molar-refractivity contribution in [3.63, 3.8) is 0 Å². The fourth-order valence-electron chi connectivity index (χ4n) is 2.65. The van der Waals surface area contributed by atoms with Gasteiger partial charge < -0.3 is 5.32 Å². The van der Waals surface area contributed by atoms with E-state index in [2.05, 4.69) is 114 Å². The van der Waals surface area contributed by atoms with Crippen molar-refractivity contribution in [1.82, 2.24) is 0 Å². The average Bonchev–Trinajstić information content (AvgIpc) is 2.82. The van der Waals surface area contributed by atoms with E-state index in [1.165, 1.54) is 52.2 Å². The van der Waals surface area contributed by atoms with Gasteiger partial charge >= 0.3 is 0 Å². The lowest BCUT2D eigenvalue weighted by atomic mass is 10.1. The van der Waals surface area contributed by atoms with E-state index in [1.54, 1.807) is 0 Å². The summed E-state index contributed by atoms with van der Waals surface area (Å²) in [7, 11) is -0.137. The zero-order valence-electron chi connectivity index (χ0n) is 22.3. The topological polar surface area (TPSA) is 12.0 Å². The lowest BCUT2D eigenvalue weighted by molar-refractivity contribution is 0.886. The molecular formula is C31H47NS. The molecule has 0 radical (unpaired) electrons. The second kappa shape index (κ2) is 18.1. The van der Waals surface area contributed by atoms with Crippen molar-refractivity contribution < 1.29 is 0 Å². The minimum Gasteiger partial charge on any atom is -0.360 e. The van der Waals surface area contributed by atoms with E-state index in [4.69, 9.17) is 0 Å². The number of nitrogens with one attached hydrogen (secondary N) is 1. The van der Waals surface area contributed by atoms with Gasteiger partial charge in [-0.15, -0.1) is 10.5 Å². The zero-order valence-corrected chi connectivity index (χ0v) is 23.1. The molecule has 2 aromatic rings. The summed E-state index contributed by atoms with van der Waals surface area (Å²) in [4.78, 5) is 2.54. The summed E-state index contributed by atoms with van der Waals surface area (Å²) in [5.74, 6) is 4.33. The predicted octanol–water partition coefficient (Wildman–Crippen LogP) is 10.5. The molecule has 1 unspecified atom stereocenters. The molecule has 2 rings (SSSR count). The van der Waals surface area contributed by atoms with Crippen LogP contribution in [0, 0.1) is 13.8 Å². The summed E-state index contributed by atoms with van der Waals surface area (Å²) < 4.78 is 0. The van der Waals surface area contributed by atoms with E-state index in [0.717, 1.165) is 17.8 Å². The highest BCUT2D eigenvalue weighted by atomic mass is 32.2. The molecule has 0 bridgehead atoms. The van der Waals surface area contributed by atoms with Crippen molar-refractivity contribution in [3.05, 3.63) is 90.2 Å². The van der Waals surface area contributed by atoms with Crippen molar-refractivity contribution in [3.8, 4) is 0 Å². The van der Waals surface area contributed by atoms with Crippen LogP contribution in [-0.4, -0.2) is 5.87 Å². The Hall–Kier alpha value is -2.32. The highest BCUT2D eigenvalue weighted by Crippen LogP contribution is 2.35. The highest BCUT2D eigenvalue weighted by molar-refractivity contribution is 8.14. The Morgan fingerprint density at radius 3 is 1.88 bits per heavy atom. The SMILES string of the molecule is C=C(C)Nc1ccc(S(=C)c2ccc(C)c(C)c2)cc1.C=C/C(=C\CCC)CC.CCCC. The van der Waals surface area contributed by atoms with Crippen LogP contribution in [0.3, 0.4) is 0 Å². The monoisotopic (exact) mass is 465 g/mol. The van der Waals surface area contributed by atoms with Gasteiger partial charge in [-0.25, -0.2) is 0 Å². The van der Waals surface area contributed by atoms with E-state index in [0.29, 0.717) is 0 Å². The van der Waals surface area contributed by atoms with Crippen LogP contribution in [0.1, 0.15) is 77.8 Å². The van der Waals surface area contributed by atoms with Gasteiger partial charge in [-0.2, -0.15) is 0 Å². The molecule has 0 aliphatic carbocycles. The Labute approximate surface area is 207 Å². The number of hydrogen-bond donors (Lipinski definition) is 1. The van der Waals surface area contributed by atoms with Gasteiger partial charge in [0.25, 0.3) is 0 Å². The number of allylic oxidation sites excluding steroid dienone is 4. The standard InChI is InChI=1S/C18H21NS.C9H16.C4H10/c1-13(2)19-16-7-10-17(11-8-16)20(5)18-9-6-14(3)15(4)12-18;1-4-7-8-9(5-2)6-3;1-3-4-2/h6-12,19H,1,5H2,2-4H3;5,8H,2,4,6-7H2,1,3H3;3-4H2,1-2H3/b;9-8+;. The number of anilines is 1. The maximum Gasteiger partial charge on any atom is 0.0382 e. The minimum atomic E-state index is -0.137. The molecule has 0 aliphatic heterocycles. The maximum absolute atomic E-state index is 4.33. The van der Waals surface area contributed by atoms with Gasteiger partial charge in [-0.05, 0) is 81.1 Å². The molecule has 0 heterocycles. The quantitative estimate of drug-likeness (QED) is 0.287. The average molecular weight is 466 g/mol. The van der Waals surface area contributed by atoms with E-state index in [-0.39, 0.29) is 10.5 Å². The normalized spacial score (nSPS) is 11.3. The Bertz CT molecular complexity index is 886. The second-order valence-electron chi connectivity index (χ2n) is 8.19. The summed E-state index contributed by atoms with van der Waals surface area (Å²) in [6.07, 6.45) is 10.4. The van der Waals surface area contributed by atoms with Crippen LogP contribution in [0.25, 0.3) is 0 Å². The number of aryl methyl sites for hydroxylation is 2. The molecule has 2 heteroatoms. The second-order valence-corrected chi connectivity index (χ2v) is 9.92. The zero-order chi connectivity index (χ0) is 25.2. The lowest BCUT2D eigenvalue weighted by Gasteiger charge is -2.11. The van der Waals surface area contributed by atoms with Gasteiger partial charge in [0, 0.05) is 21.2 Å². The van der Waals surface area contributed by atoms with Crippen LogP contribution in [0.4, 0.5) is 5.69 Å². The third-order valence-corrected chi connectivity index (χ3v) is 6.79. The molecular weight excluding hydrogens is 418 g/mol. The fraction of sp³-hybridized carbons (Fsp3) is 0.387. The highest BCUT2D eigenvalue weighted by Gasteiger charge is 2.03. The maximum atomic E-state index is 4.33. The number of rotatable bonds is 9. The Kier molecular flexibility index (Phi) is 16.9. The van der Waals surface area contributed by atoms with Gasteiger partial charge in [0.1, 0.15) is 0 Å². The van der Waals surface area contributed by atoms with Crippen molar-refractivity contribution >= 4 is 22.0 Å². The third-order valence-electron chi connectivity index (χ3n) is 5.13. The van der Waals surface area contributed by atoms with Crippen molar-refractivity contribution in [2.75, 3.05) is 5.32 Å². The minimum absolute atomic E-state index is 0.137. The lowest BCUT2D eigenvalue weighted by Crippen LogP contribution is -1.92. The third kappa shape index (κ3) is 13.1. The van der Waals surface area contributed by atoms with Crippen LogP contribution in [0.15, 0.2) is 88.8 Å². The van der Waals surface area contributed by atoms with Crippen LogP contribution < -0.4 is 5.32 Å². The first-order chi connectivity index (χ1) is 15.7. The molecule has 0 aromatic heterocycles. The van der Waals surface area contributed by atoms with Gasteiger partial charge in [0.2, 0.25) is 0 Å². The molecule has 0 saturated heterocycles. The van der Waals surface area contributed by atoms with Gasteiger partial charge in [-0.3, -0.25) is 0 Å². The summed E-state index contributed by atoms with van der Waals surface area (Å²) in [5, 5.41) is 3.22. The number of hydrogen-bond acceptors (Lipinski definition) is 1. The van der Waals surface area contributed by atoms with Crippen molar-refractivity contribution in [2.24, 2.45) is 0 Å². The molecule has 0 fully saturated rings. The smallest absolute Gasteiger partial charge is 0.0382 e. The van der Waals surface area contributed by atoms with E-state index >= 15 is 0 Å². The van der Waals surface area contributed by atoms with Gasteiger partial charge in [0.15, 0.2) is 0 Å². The van der Waals surface area contributed by atoms with Crippen molar-refractivity contribution in [1.29, 1.82) is 0 Å². The molecule has 0 spiro atoms. The van der Waals surface area contributed by atoms with E-state index in [1.807, 2.05) is 13.0 Å². The molecule has 0 aliphatic rings. The van der Waals surface area contributed by atoms with Crippen LogP contribution in [-0.2, 0) is 0 Å².